The SMILES string of the molecule is COc1cc(Cl)cc(Nc2ncc(Br)c(-n3ccc(C(F)(F)F)n3)n2)c1. The van der Waals surface area contributed by atoms with Crippen LogP contribution in [0.4, 0.5) is 24.8 Å². The molecule has 1 aromatic carbocycles. The van der Waals surface area contributed by atoms with E-state index in [4.69, 9.17) is 16.3 Å². The summed E-state index contributed by atoms with van der Waals surface area (Å²) in [4.78, 5) is 8.28. The van der Waals surface area contributed by atoms with Crippen LogP contribution in [-0.2, 0) is 6.18 Å². The lowest BCUT2D eigenvalue weighted by Gasteiger charge is -2.10. The average Bonchev–Trinajstić information content (AvgIpc) is 3.06. The lowest BCUT2D eigenvalue weighted by atomic mass is 10.3. The van der Waals surface area contributed by atoms with Gasteiger partial charge < -0.3 is 10.1 Å². The van der Waals surface area contributed by atoms with E-state index < -0.39 is 11.9 Å². The van der Waals surface area contributed by atoms with E-state index in [-0.39, 0.29) is 11.8 Å². The van der Waals surface area contributed by atoms with Gasteiger partial charge in [-0.1, -0.05) is 11.6 Å². The number of methoxy groups -OCH3 is 1. The van der Waals surface area contributed by atoms with Crippen LogP contribution in [0.15, 0.2) is 41.1 Å². The van der Waals surface area contributed by atoms with Crippen LogP contribution in [0.2, 0.25) is 5.02 Å². The maximum atomic E-state index is 12.7. The molecular weight excluding hydrogens is 439 g/mol. The molecule has 0 saturated heterocycles. The first-order chi connectivity index (χ1) is 12.3. The number of rotatable bonds is 4. The molecular formula is C15H10BrClF3N5O. The molecule has 6 nitrogen and oxygen atoms in total. The zero-order chi connectivity index (χ0) is 18.9. The van der Waals surface area contributed by atoms with Gasteiger partial charge in [0.15, 0.2) is 11.5 Å². The number of ether oxygens (including phenoxy) is 1. The number of nitrogens with one attached hydrogen (secondary N) is 1. The third kappa shape index (κ3) is 4.07. The molecule has 0 saturated carbocycles. The Labute approximate surface area is 159 Å². The van der Waals surface area contributed by atoms with Gasteiger partial charge in [-0.3, -0.25) is 0 Å². The normalized spacial score (nSPS) is 11.5. The summed E-state index contributed by atoms with van der Waals surface area (Å²) in [6.07, 6.45) is -1.97. The fraction of sp³-hybridized carbons (Fsp3) is 0.133. The lowest BCUT2D eigenvalue weighted by molar-refractivity contribution is -0.141. The minimum absolute atomic E-state index is 0.145. The zero-order valence-corrected chi connectivity index (χ0v) is 15.4. The summed E-state index contributed by atoms with van der Waals surface area (Å²) < 4.78 is 44.7. The molecule has 2 aromatic heterocycles. The maximum Gasteiger partial charge on any atom is 0.435 e. The number of halogens is 5. The molecule has 0 aliphatic rings. The second-order valence-electron chi connectivity index (χ2n) is 5.01. The van der Waals surface area contributed by atoms with Gasteiger partial charge in [-0.25, -0.2) is 9.67 Å². The number of hydrogen-bond acceptors (Lipinski definition) is 5. The van der Waals surface area contributed by atoms with Gasteiger partial charge in [0.25, 0.3) is 0 Å². The summed E-state index contributed by atoms with van der Waals surface area (Å²) in [5.74, 6) is 0.822. The van der Waals surface area contributed by atoms with E-state index in [1.54, 1.807) is 18.2 Å². The van der Waals surface area contributed by atoms with Gasteiger partial charge in [0.05, 0.1) is 11.6 Å². The predicted octanol–water partition coefficient (Wildman–Crippen LogP) is 4.85. The van der Waals surface area contributed by atoms with E-state index in [0.717, 1.165) is 10.7 Å². The highest BCUT2D eigenvalue weighted by Gasteiger charge is 2.33. The van der Waals surface area contributed by atoms with Crippen molar-refractivity contribution in [2.24, 2.45) is 0 Å². The van der Waals surface area contributed by atoms with Crippen molar-refractivity contribution in [3.8, 4) is 11.6 Å². The van der Waals surface area contributed by atoms with Crippen molar-refractivity contribution in [2.45, 2.75) is 6.18 Å². The molecule has 0 fully saturated rings. The van der Waals surface area contributed by atoms with Crippen molar-refractivity contribution in [1.82, 2.24) is 19.7 Å². The van der Waals surface area contributed by atoms with E-state index in [9.17, 15) is 13.2 Å². The fourth-order valence-electron chi connectivity index (χ4n) is 2.05. The van der Waals surface area contributed by atoms with Gasteiger partial charge in [0.1, 0.15) is 5.75 Å². The summed E-state index contributed by atoms with van der Waals surface area (Å²) in [5.41, 5.74) is -0.462. The van der Waals surface area contributed by atoms with Crippen molar-refractivity contribution < 1.29 is 17.9 Å². The topological polar surface area (TPSA) is 64.9 Å². The van der Waals surface area contributed by atoms with Crippen molar-refractivity contribution in [3.63, 3.8) is 0 Å². The molecule has 0 unspecified atom stereocenters. The molecule has 0 spiro atoms. The summed E-state index contributed by atoms with van der Waals surface area (Å²) in [7, 11) is 1.50. The van der Waals surface area contributed by atoms with Crippen LogP contribution in [0, 0.1) is 0 Å². The number of hydrogen-bond donors (Lipinski definition) is 1. The smallest absolute Gasteiger partial charge is 0.435 e. The number of nitrogens with zero attached hydrogens (tertiary/aromatic N) is 4. The van der Waals surface area contributed by atoms with E-state index in [2.05, 4.69) is 36.3 Å². The second kappa shape index (κ2) is 7.12. The van der Waals surface area contributed by atoms with Crippen LogP contribution in [0.1, 0.15) is 5.69 Å². The average molecular weight is 449 g/mol. The third-order valence-corrected chi connectivity index (χ3v) is 3.96. The molecule has 3 aromatic rings. The minimum atomic E-state index is -4.54. The summed E-state index contributed by atoms with van der Waals surface area (Å²) in [5, 5.41) is 6.86. The number of alkyl halides is 3. The van der Waals surface area contributed by atoms with Crippen molar-refractivity contribution in [1.29, 1.82) is 0 Å². The Bertz CT molecular complexity index is 947. The molecule has 0 radical (unpaired) electrons. The predicted molar refractivity (Wildman–Crippen MR) is 93.1 cm³/mol. The van der Waals surface area contributed by atoms with E-state index >= 15 is 0 Å². The van der Waals surface area contributed by atoms with Gasteiger partial charge in [-0.05, 0) is 34.1 Å². The highest BCUT2D eigenvalue weighted by Crippen LogP contribution is 2.29. The van der Waals surface area contributed by atoms with Crippen LogP contribution in [0.25, 0.3) is 5.82 Å². The van der Waals surface area contributed by atoms with Crippen LogP contribution in [-0.4, -0.2) is 26.9 Å². The Morgan fingerprint density at radius 1 is 1.27 bits per heavy atom. The quantitative estimate of drug-likeness (QED) is 0.618. The summed E-state index contributed by atoms with van der Waals surface area (Å²) in [6, 6.07) is 5.80. The molecule has 136 valence electrons. The molecule has 0 aliphatic carbocycles. The standard InChI is InChI=1S/C15H10BrClF3N5O/c1-26-10-5-8(17)4-9(6-10)22-14-21-7-11(16)13(23-14)25-3-2-12(24-25)15(18,19)20/h2-7H,1H3,(H,21,22,23). The van der Waals surface area contributed by atoms with Crippen LogP contribution in [0.3, 0.4) is 0 Å². The molecule has 0 amide bonds. The Balaban J connectivity index is 1.93. The van der Waals surface area contributed by atoms with Crippen molar-refractivity contribution in [3.05, 3.63) is 51.8 Å². The number of anilines is 2. The Morgan fingerprint density at radius 2 is 2.04 bits per heavy atom. The molecule has 1 N–H and O–H groups in total. The molecule has 0 bridgehead atoms. The first kappa shape index (κ1) is 18.5. The molecule has 26 heavy (non-hydrogen) atoms. The number of benzene rings is 1. The monoisotopic (exact) mass is 447 g/mol. The maximum absolute atomic E-state index is 12.7. The molecule has 2 heterocycles. The van der Waals surface area contributed by atoms with Gasteiger partial charge in [0.2, 0.25) is 5.95 Å². The van der Waals surface area contributed by atoms with Crippen molar-refractivity contribution in [2.75, 3.05) is 12.4 Å². The van der Waals surface area contributed by atoms with Gasteiger partial charge >= 0.3 is 6.18 Å². The Morgan fingerprint density at radius 3 is 2.69 bits per heavy atom. The highest BCUT2D eigenvalue weighted by molar-refractivity contribution is 9.10. The van der Waals surface area contributed by atoms with Crippen LogP contribution >= 0.6 is 27.5 Å². The molecule has 11 heteroatoms. The van der Waals surface area contributed by atoms with Gasteiger partial charge in [-0.15, -0.1) is 0 Å². The molecule has 0 aliphatic heterocycles. The minimum Gasteiger partial charge on any atom is -0.497 e. The van der Waals surface area contributed by atoms with Gasteiger partial charge in [0, 0.05) is 29.2 Å². The largest absolute Gasteiger partial charge is 0.497 e. The summed E-state index contributed by atoms with van der Waals surface area (Å²) in [6.45, 7) is 0. The highest BCUT2D eigenvalue weighted by atomic mass is 79.9. The second-order valence-corrected chi connectivity index (χ2v) is 6.30. The zero-order valence-electron chi connectivity index (χ0n) is 13.1. The third-order valence-electron chi connectivity index (χ3n) is 3.19. The molecule has 3 rings (SSSR count). The Kier molecular flexibility index (Phi) is 5.05. The first-order valence-corrected chi connectivity index (χ1v) is 8.21. The van der Waals surface area contributed by atoms with E-state index in [0.29, 0.717) is 20.9 Å². The molecule has 0 atom stereocenters. The van der Waals surface area contributed by atoms with E-state index in [1.807, 2.05) is 0 Å². The summed E-state index contributed by atoms with van der Waals surface area (Å²) >= 11 is 9.21. The van der Waals surface area contributed by atoms with Crippen LogP contribution in [0.5, 0.6) is 5.75 Å². The Hall–Kier alpha value is -2.33. The first-order valence-electron chi connectivity index (χ1n) is 7.03. The lowest BCUT2D eigenvalue weighted by Crippen LogP contribution is -2.09. The van der Waals surface area contributed by atoms with Gasteiger partial charge in [-0.2, -0.15) is 23.3 Å². The van der Waals surface area contributed by atoms with E-state index in [1.165, 1.54) is 19.5 Å². The van der Waals surface area contributed by atoms with Crippen molar-refractivity contribution >= 4 is 39.2 Å². The van der Waals surface area contributed by atoms with Crippen LogP contribution < -0.4 is 10.1 Å². The number of aromatic nitrogens is 4. The fourth-order valence-corrected chi connectivity index (χ4v) is 2.65.